The summed E-state index contributed by atoms with van der Waals surface area (Å²) in [5.41, 5.74) is 0. The van der Waals surface area contributed by atoms with Crippen LogP contribution in [0.1, 0.15) is 27.7 Å². The first-order valence-corrected chi connectivity index (χ1v) is 5.59. The van der Waals surface area contributed by atoms with Gasteiger partial charge in [0.2, 0.25) is 0 Å². The van der Waals surface area contributed by atoms with Crippen LogP contribution in [0.2, 0.25) is 0 Å². The summed E-state index contributed by atoms with van der Waals surface area (Å²) >= 11 is 0. The second-order valence-corrected chi connectivity index (χ2v) is 4.83. The number of ether oxygens (including phenoxy) is 2. The molecule has 4 heteroatoms. The van der Waals surface area contributed by atoms with Crippen LogP contribution in [-0.4, -0.2) is 42.8 Å². The molecule has 0 radical (unpaired) electrons. The minimum atomic E-state index is -0.454. The SMILES string of the molecule is CC(CO)C(C)NC1COC(C)(C)OC1. The molecule has 0 bridgehead atoms. The molecule has 4 nitrogen and oxygen atoms in total. The monoisotopic (exact) mass is 217 g/mol. The van der Waals surface area contributed by atoms with Crippen LogP contribution >= 0.6 is 0 Å². The van der Waals surface area contributed by atoms with Crippen LogP contribution in [-0.2, 0) is 9.47 Å². The van der Waals surface area contributed by atoms with E-state index in [0.717, 1.165) is 0 Å². The first kappa shape index (κ1) is 12.9. The van der Waals surface area contributed by atoms with Gasteiger partial charge in [-0.3, -0.25) is 0 Å². The van der Waals surface area contributed by atoms with E-state index in [2.05, 4.69) is 12.2 Å². The van der Waals surface area contributed by atoms with Crippen molar-refractivity contribution in [1.82, 2.24) is 5.32 Å². The van der Waals surface area contributed by atoms with E-state index in [1.165, 1.54) is 0 Å². The van der Waals surface area contributed by atoms with Crippen molar-refractivity contribution in [2.75, 3.05) is 19.8 Å². The van der Waals surface area contributed by atoms with Crippen molar-refractivity contribution in [3.8, 4) is 0 Å². The number of hydrogen-bond donors (Lipinski definition) is 2. The smallest absolute Gasteiger partial charge is 0.162 e. The summed E-state index contributed by atoms with van der Waals surface area (Å²) in [6.45, 7) is 9.46. The zero-order valence-electron chi connectivity index (χ0n) is 10.1. The second-order valence-electron chi connectivity index (χ2n) is 4.83. The normalized spacial score (nSPS) is 26.2. The molecule has 90 valence electrons. The third-order valence-electron chi connectivity index (χ3n) is 2.90. The molecule has 0 aliphatic carbocycles. The van der Waals surface area contributed by atoms with Gasteiger partial charge < -0.3 is 19.9 Å². The maximum atomic E-state index is 9.02. The van der Waals surface area contributed by atoms with Crippen molar-refractivity contribution in [2.45, 2.75) is 45.6 Å². The van der Waals surface area contributed by atoms with Gasteiger partial charge in [-0.2, -0.15) is 0 Å². The van der Waals surface area contributed by atoms with Crippen LogP contribution in [0.25, 0.3) is 0 Å². The van der Waals surface area contributed by atoms with Crippen molar-refractivity contribution < 1.29 is 14.6 Å². The summed E-state index contributed by atoms with van der Waals surface area (Å²) in [6, 6.07) is 0.496. The lowest BCUT2D eigenvalue weighted by Crippen LogP contribution is -2.52. The highest BCUT2D eigenvalue weighted by Gasteiger charge is 2.29. The lowest BCUT2D eigenvalue weighted by atomic mass is 10.0. The molecule has 0 aromatic carbocycles. The summed E-state index contributed by atoms with van der Waals surface area (Å²) in [4.78, 5) is 0. The average Bonchev–Trinajstić information content (AvgIpc) is 2.20. The van der Waals surface area contributed by atoms with Gasteiger partial charge in [-0.05, 0) is 26.7 Å². The van der Waals surface area contributed by atoms with Gasteiger partial charge in [-0.25, -0.2) is 0 Å². The average molecular weight is 217 g/mol. The van der Waals surface area contributed by atoms with Crippen LogP contribution in [0.15, 0.2) is 0 Å². The van der Waals surface area contributed by atoms with Gasteiger partial charge in [0.1, 0.15) is 0 Å². The van der Waals surface area contributed by atoms with Crippen molar-refractivity contribution >= 4 is 0 Å². The van der Waals surface area contributed by atoms with Crippen molar-refractivity contribution in [3.63, 3.8) is 0 Å². The molecule has 0 saturated carbocycles. The van der Waals surface area contributed by atoms with Crippen LogP contribution in [0.3, 0.4) is 0 Å². The van der Waals surface area contributed by atoms with E-state index in [9.17, 15) is 0 Å². The predicted octanol–water partition coefficient (Wildman–Crippen LogP) is 0.744. The molecule has 2 atom stereocenters. The molecule has 1 aliphatic heterocycles. The molecule has 1 saturated heterocycles. The number of hydrogen-bond acceptors (Lipinski definition) is 4. The number of aliphatic hydroxyl groups is 1. The molecule has 0 aromatic heterocycles. The molecular weight excluding hydrogens is 194 g/mol. The minimum Gasteiger partial charge on any atom is -0.396 e. The van der Waals surface area contributed by atoms with E-state index < -0.39 is 5.79 Å². The van der Waals surface area contributed by atoms with Crippen molar-refractivity contribution in [3.05, 3.63) is 0 Å². The van der Waals surface area contributed by atoms with Crippen molar-refractivity contribution in [2.24, 2.45) is 5.92 Å². The molecule has 0 spiro atoms. The van der Waals surface area contributed by atoms with Gasteiger partial charge in [0, 0.05) is 12.6 Å². The van der Waals surface area contributed by atoms with Crippen LogP contribution in [0.5, 0.6) is 0 Å². The van der Waals surface area contributed by atoms with Crippen molar-refractivity contribution in [1.29, 1.82) is 0 Å². The molecule has 15 heavy (non-hydrogen) atoms. The molecular formula is C11H23NO3. The quantitative estimate of drug-likeness (QED) is 0.729. The summed E-state index contributed by atoms with van der Waals surface area (Å²) in [5, 5.41) is 12.4. The fourth-order valence-electron chi connectivity index (χ4n) is 1.48. The van der Waals surface area contributed by atoms with Gasteiger partial charge in [0.15, 0.2) is 5.79 Å². The first-order chi connectivity index (χ1) is 6.94. The predicted molar refractivity (Wildman–Crippen MR) is 58.6 cm³/mol. The zero-order chi connectivity index (χ0) is 11.5. The molecule has 0 amide bonds. The fourth-order valence-corrected chi connectivity index (χ4v) is 1.48. The molecule has 2 N–H and O–H groups in total. The van der Waals surface area contributed by atoms with E-state index in [1.807, 2.05) is 20.8 Å². The fraction of sp³-hybridized carbons (Fsp3) is 1.00. The number of aliphatic hydroxyl groups excluding tert-OH is 1. The summed E-state index contributed by atoms with van der Waals surface area (Å²) in [6.07, 6.45) is 0. The Morgan fingerprint density at radius 3 is 2.33 bits per heavy atom. The third-order valence-corrected chi connectivity index (χ3v) is 2.90. The lowest BCUT2D eigenvalue weighted by molar-refractivity contribution is -0.253. The second kappa shape index (κ2) is 5.25. The Hall–Kier alpha value is -0.160. The highest BCUT2D eigenvalue weighted by atomic mass is 16.7. The van der Waals surface area contributed by atoms with Gasteiger partial charge in [-0.1, -0.05) is 6.92 Å². The molecule has 1 aliphatic rings. The Bertz CT molecular complexity index is 186. The standard InChI is InChI=1S/C11H23NO3/c1-8(5-13)9(2)12-10-6-14-11(3,4)15-7-10/h8-10,12-13H,5-7H2,1-4H3. The molecule has 2 unspecified atom stereocenters. The van der Waals surface area contributed by atoms with E-state index >= 15 is 0 Å². The molecule has 1 heterocycles. The number of nitrogens with one attached hydrogen (secondary N) is 1. The lowest BCUT2D eigenvalue weighted by Gasteiger charge is -2.37. The van der Waals surface area contributed by atoms with E-state index in [0.29, 0.717) is 13.2 Å². The molecule has 1 fully saturated rings. The summed E-state index contributed by atoms with van der Waals surface area (Å²) in [5.74, 6) is -0.204. The van der Waals surface area contributed by atoms with E-state index in [4.69, 9.17) is 14.6 Å². The highest BCUT2D eigenvalue weighted by molar-refractivity contribution is 4.78. The highest BCUT2D eigenvalue weighted by Crippen LogP contribution is 2.17. The van der Waals surface area contributed by atoms with E-state index in [-0.39, 0.29) is 24.6 Å². The van der Waals surface area contributed by atoms with Crippen LogP contribution in [0.4, 0.5) is 0 Å². The maximum Gasteiger partial charge on any atom is 0.162 e. The Labute approximate surface area is 92.0 Å². The minimum absolute atomic E-state index is 0.202. The Morgan fingerprint density at radius 2 is 1.87 bits per heavy atom. The summed E-state index contributed by atoms with van der Waals surface area (Å²) in [7, 11) is 0. The largest absolute Gasteiger partial charge is 0.396 e. The topological polar surface area (TPSA) is 50.7 Å². The first-order valence-electron chi connectivity index (χ1n) is 5.59. The van der Waals surface area contributed by atoms with Gasteiger partial charge in [0.25, 0.3) is 0 Å². The Morgan fingerprint density at radius 1 is 1.33 bits per heavy atom. The Kier molecular flexibility index (Phi) is 4.52. The van der Waals surface area contributed by atoms with Crippen LogP contribution < -0.4 is 5.32 Å². The van der Waals surface area contributed by atoms with E-state index in [1.54, 1.807) is 0 Å². The van der Waals surface area contributed by atoms with Gasteiger partial charge in [0.05, 0.1) is 19.3 Å². The summed E-state index contributed by atoms with van der Waals surface area (Å²) < 4.78 is 11.1. The molecule has 0 aromatic rings. The maximum absolute atomic E-state index is 9.02. The van der Waals surface area contributed by atoms with Gasteiger partial charge in [-0.15, -0.1) is 0 Å². The zero-order valence-corrected chi connectivity index (χ0v) is 10.1. The molecule has 1 rings (SSSR count). The van der Waals surface area contributed by atoms with Gasteiger partial charge >= 0.3 is 0 Å². The Balaban J connectivity index is 2.29. The number of rotatable bonds is 4. The van der Waals surface area contributed by atoms with Crippen LogP contribution in [0, 0.1) is 5.92 Å². The third kappa shape index (κ3) is 4.07.